The zero-order valence-corrected chi connectivity index (χ0v) is 21.1. The van der Waals surface area contributed by atoms with Gasteiger partial charge in [0.25, 0.3) is 0 Å². The molecule has 1 N–H and O–H groups in total. The summed E-state index contributed by atoms with van der Waals surface area (Å²) in [6.45, 7) is 3.22. The van der Waals surface area contributed by atoms with Gasteiger partial charge in [-0.05, 0) is 37.6 Å². The quantitative estimate of drug-likeness (QED) is 0.345. The van der Waals surface area contributed by atoms with Crippen LogP contribution >= 0.6 is 0 Å². The Morgan fingerprint density at radius 3 is 2.41 bits per heavy atom. The molecule has 0 saturated carbocycles. The van der Waals surface area contributed by atoms with Gasteiger partial charge in [0.15, 0.2) is 23.3 Å². The number of ether oxygens (including phenoxy) is 2. The Labute approximate surface area is 211 Å². The maximum absolute atomic E-state index is 14.2. The number of hydrogen-bond donors (Lipinski definition) is 1. The molecule has 0 spiro atoms. The summed E-state index contributed by atoms with van der Waals surface area (Å²) in [5.41, 5.74) is 1.10. The van der Waals surface area contributed by atoms with E-state index in [1.54, 1.807) is 37.5 Å². The highest BCUT2D eigenvalue weighted by molar-refractivity contribution is 7.93. The highest BCUT2D eigenvalue weighted by atomic mass is 32.2. The van der Waals surface area contributed by atoms with E-state index in [2.05, 4.69) is 29.9 Å². The third-order valence-electron chi connectivity index (χ3n) is 5.44. The second kappa shape index (κ2) is 10.5. The maximum atomic E-state index is 14.2. The number of nitrogens with one attached hydrogen (secondary N) is 1. The van der Waals surface area contributed by atoms with Gasteiger partial charge in [0.2, 0.25) is 21.9 Å². The lowest BCUT2D eigenvalue weighted by Gasteiger charge is -2.22. The summed E-state index contributed by atoms with van der Waals surface area (Å²) in [6, 6.07) is 7.88. The molecule has 3 aromatic heterocycles. The first-order valence-electron chi connectivity index (χ1n) is 10.9. The predicted molar refractivity (Wildman–Crippen MR) is 130 cm³/mol. The van der Waals surface area contributed by atoms with Crippen molar-refractivity contribution < 1.29 is 26.7 Å². The standard InChI is InChI=1S/C23H23F2N7O4S/c1-13-11-26-21(27-12-13)20(36-4)14(2)37(33,34)31-23-30-29-22(18-6-5-7-19(28-18)35-3)32(23)15-8-9-16(24)17(25)10-15/h5-12,14,20H,1-4H3,(H,30,31)/t14-,20-/m0/s1. The van der Waals surface area contributed by atoms with Crippen LogP contribution in [0.25, 0.3) is 17.2 Å². The molecule has 11 nitrogen and oxygen atoms in total. The van der Waals surface area contributed by atoms with Gasteiger partial charge in [0.05, 0.1) is 12.8 Å². The minimum atomic E-state index is -4.20. The van der Waals surface area contributed by atoms with Gasteiger partial charge in [-0.15, -0.1) is 10.2 Å². The van der Waals surface area contributed by atoms with E-state index in [0.717, 1.165) is 17.7 Å². The van der Waals surface area contributed by atoms with E-state index in [0.29, 0.717) is 0 Å². The second-order valence-corrected chi connectivity index (χ2v) is 10.0. The van der Waals surface area contributed by atoms with Gasteiger partial charge in [-0.2, -0.15) is 0 Å². The summed E-state index contributed by atoms with van der Waals surface area (Å²) < 4.78 is 68.8. The van der Waals surface area contributed by atoms with Crippen LogP contribution in [0.3, 0.4) is 0 Å². The lowest BCUT2D eigenvalue weighted by Crippen LogP contribution is -2.33. The van der Waals surface area contributed by atoms with Gasteiger partial charge in [0.1, 0.15) is 17.0 Å². The number of sulfonamides is 1. The minimum Gasteiger partial charge on any atom is -0.481 e. The molecule has 0 bridgehead atoms. The minimum absolute atomic E-state index is 0.0547. The van der Waals surface area contributed by atoms with E-state index in [9.17, 15) is 17.2 Å². The van der Waals surface area contributed by atoms with Crippen LogP contribution in [0.4, 0.5) is 14.7 Å². The summed E-state index contributed by atoms with van der Waals surface area (Å²) >= 11 is 0. The van der Waals surface area contributed by atoms with Crippen molar-refractivity contribution in [2.24, 2.45) is 0 Å². The van der Waals surface area contributed by atoms with Crippen molar-refractivity contribution in [3.63, 3.8) is 0 Å². The van der Waals surface area contributed by atoms with E-state index >= 15 is 0 Å². The number of benzene rings is 1. The molecule has 0 aliphatic heterocycles. The highest BCUT2D eigenvalue weighted by Crippen LogP contribution is 2.29. The lowest BCUT2D eigenvalue weighted by atomic mass is 10.2. The van der Waals surface area contributed by atoms with Crippen molar-refractivity contribution in [1.82, 2.24) is 29.7 Å². The van der Waals surface area contributed by atoms with E-state index in [1.807, 2.05) is 0 Å². The molecule has 14 heteroatoms. The number of methoxy groups -OCH3 is 2. The Bertz CT molecular complexity index is 1510. The van der Waals surface area contributed by atoms with Gasteiger partial charge in [-0.1, -0.05) is 6.07 Å². The topological polar surface area (TPSA) is 134 Å². The molecule has 194 valence electrons. The number of nitrogens with zero attached hydrogens (tertiary/aromatic N) is 6. The first-order valence-corrected chi connectivity index (χ1v) is 12.4. The van der Waals surface area contributed by atoms with Crippen LogP contribution in [0.15, 0.2) is 48.8 Å². The maximum Gasteiger partial charge on any atom is 0.243 e. The fourth-order valence-electron chi connectivity index (χ4n) is 3.48. The van der Waals surface area contributed by atoms with Gasteiger partial charge < -0.3 is 9.47 Å². The molecule has 3 heterocycles. The van der Waals surface area contributed by atoms with Crippen molar-refractivity contribution in [3.8, 4) is 23.1 Å². The monoisotopic (exact) mass is 531 g/mol. The van der Waals surface area contributed by atoms with Gasteiger partial charge in [-0.3, -0.25) is 9.29 Å². The second-order valence-electron chi connectivity index (χ2n) is 7.97. The van der Waals surface area contributed by atoms with Crippen LogP contribution in [-0.2, 0) is 14.8 Å². The Kier molecular flexibility index (Phi) is 7.40. The van der Waals surface area contributed by atoms with Gasteiger partial charge >= 0.3 is 0 Å². The summed E-state index contributed by atoms with van der Waals surface area (Å²) in [5.74, 6) is -2.01. The van der Waals surface area contributed by atoms with Crippen molar-refractivity contribution >= 4 is 16.0 Å². The van der Waals surface area contributed by atoms with Crippen LogP contribution in [0, 0.1) is 18.6 Å². The largest absolute Gasteiger partial charge is 0.481 e. The molecular formula is C23H23F2N7O4S. The van der Waals surface area contributed by atoms with E-state index in [-0.39, 0.29) is 34.9 Å². The lowest BCUT2D eigenvalue weighted by molar-refractivity contribution is 0.0949. The Balaban J connectivity index is 1.78. The zero-order chi connectivity index (χ0) is 26.7. The molecule has 0 unspecified atom stereocenters. The number of aryl methyl sites for hydroxylation is 1. The fourth-order valence-corrected chi connectivity index (χ4v) is 4.61. The number of hydrogen-bond acceptors (Lipinski definition) is 9. The SMILES string of the molecule is COc1cccc(-c2nnc(NS(=O)(=O)[C@@H](C)[C@H](OC)c3ncc(C)cn3)n2-c2ccc(F)c(F)c2)n1. The van der Waals surface area contributed by atoms with Gasteiger partial charge in [0, 0.05) is 31.6 Å². The molecule has 0 aliphatic carbocycles. The van der Waals surface area contributed by atoms with Crippen molar-refractivity contribution in [2.45, 2.75) is 25.2 Å². The number of halogens is 2. The van der Waals surface area contributed by atoms with Crippen LogP contribution in [-0.4, -0.2) is 57.6 Å². The Morgan fingerprint density at radius 2 is 1.76 bits per heavy atom. The predicted octanol–water partition coefficient (Wildman–Crippen LogP) is 3.23. The molecule has 0 amide bonds. The van der Waals surface area contributed by atoms with Crippen molar-refractivity contribution in [2.75, 3.05) is 18.9 Å². The fraction of sp³-hybridized carbons (Fsp3) is 0.261. The average Bonchev–Trinajstić information content (AvgIpc) is 3.30. The first kappa shape index (κ1) is 26.0. The number of rotatable bonds is 9. The smallest absolute Gasteiger partial charge is 0.243 e. The summed E-state index contributed by atoms with van der Waals surface area (Å²) in [6.07, 6.45) is 2.08. The van der Waals surface area contributed by atoms with E-state index < -0.39 is 33.0 Å². The molecule has 0 fully saturated rings. The third kappa shape index (κ3) is 5.39. The average molecular weight is 532 g/mol. The number of aromatic nitrogens is 6. The van der Waals surface area contributed by atoms with Crippen LogP contribution in [0.5, 0.6) is 5.88 Å². The van der Waals surface area contributed by atoms with Crippen molar-refractivity contribution in [3.05, 3.63) is 71.8 Å². The van der Waals surface area contributed by atoms with Crippen LogP contribution in [0.2, 0.25) is 0 Å². The summed E-state index contributed by atoms with van der Waals surface area (Å²) in [7, 11) is -1.43. The third-order valence-corrected chi connectivity index (χ3v) is 7.14. The first-order chi connectivity index (χ1) is 17.6. The summed E-state index contributed by atoms with van der Waals surface area (Å²) in [4.78, 5) is 12.6. The molecule has 1 aromatic carbocycles. The molecular weight excluding hydrogens is 508 g/mol. The normalized spacial score (nSPS) is 13.2. The Morgan fingerprint density at radius 1 is 1.03 bits per heavy atom. The van der Waals surface area contributed by atoms with E-state index in [1.165, 1.54) is 31.8 Å². The molecule has 4 rings (SSSR count). The highest BCUT2D eigenvalue weighted by Gasteiger charge is 2.34. The molecule has 0 saturated heterocycles. The van der Waals surface area contributed by atoms with Crippen molar-refractivity contribution in [1.29, 1.82) is 0 Å². The van der Waals surface area contributed by atoms with Gasteiger partial charge in [-0.25, -0.2) is 32.2 Å². The number of anilines is 1. The molecule has 0 radical (unpaired) electrons. The van der Waals surface area contributed by atoms with Crippen LogP contribution < -0.4 is 9.46 Å². The summed E-state index contributed by atoms with van der Waals surface area (Å²) in [5, 5.41) is 6.84. The molecule has 4 aromatic rings. The molecule has 2 atom stereocenters. The molecule has 37 heavy (non-hydrogen) atoms. The Hall–Kier alpha value is -4.04. The van der Waals surface area contributed by atoms with E-state index in [4.69, 9.17) is 9.47 Å². The van der Waals surface area contributed by atoms with Crippen LogP contribution in [0.1, 0.15) is 24.4 Å². The molecule has 0 aliphatic rings. The zero-order valence-electron chi connectivity index (χ0n) is 20.3. The number of pyridine rings is 1.